The normalized spacial score (nSPS) is 16.8. The van der Waals surface area contributed by atoms with Crippen LogP contribution in [0.25, 0.3) is 5.76 Å². The molecule has 8 nitrogen and oxygen atoms in total. The smallest absolute Gasteiger partial charge is 0.350 e. The molecule has 192 valence electrons. The Bertz CT molecular complexity index is 1470. The Balaban J connectivity index is 1.95. The van der Waals surface area contributed by atoms with Crippen LogP contribution in [0.4, 0.5) is 5.13 Å². The lowest BCUT2D eigenvalue weighted by molar-refractivity contribution is -0.132. The van der Waals surface area contributed by atoms with Crippen molar-refractivity contribution in [1.82, 2.24) is 4.98 Å². The summed E-state index contributed by atoms with van der Waals surface area (Å²) in [6.07, 6.45) is 0. The number of ketones is 1. The number of hydrogen-bond donors (Lipinski definition) is 1. The van der Waals surface area contributed by atoms with E-state index in [0.717, 1.165) is 21.8 Å². The number of benzene rings is 2. The zero-order valence-electron chi connectivity index (χ0n) is 20.3. The van der Waals surface area contributed by atoms with Gasteiger partial charge in [0, 0.05) is 15.6 Å². The standard InChI is InChI=1S/C26H22Cl2N2O6S/c1-5-36-25(34)23-13(3)29-26(37-23)30-20(16-8-7-15(27)11-17(16)28)19(22(32)24(30)33)21(31)14-6-9-18(35-4)12(2)10-14/h6-11,20,31H,5H2,1-4H3/b21-19+/t20-/m0/s1. The average molecular weight is 561 g/mol. The number of hydrogen-bond acceptors (Lipinski definition) is 8. The Morgan fingerprint density at radius 2 is 1.89 bits per heavy atom. The molecule has 1 atom stereocenters. The van der Waals surface area contributed by atoms with Gasteiger partial charge in [-0.15, -0.1) is 0 Å². The summed E-state index contributed by atoms with van der Waals surface area (Å²) in [6, 6.07) is 8.38. The third kappa shape index (κ3) is 4.82. The summed E-state index contributed by atoms with van der Waals surface area (Å²) in [5.74, 6) is -2.23. The predicted octanol–water partition coefficient (Wildman–Crippen LogP) is 5.88. The molecule has 0 unspecified atom stereocenters. The van der Waals surface area contributed by atoms with Gasteiger partial charge in [0.15, 0.2) is 5.13 Å². The molecule has 0 saturated carbocycles. The van der Waals surface area contributed by atoms with E-state index in [-0.39, 0.29) is 33.0 Å². The Labute approximate surface area is 227 Å². The molecule has 3 aromatic rings. The van der Waals surface area contributed by atoms with Gasteiger partial charge in [0.05, 0.1) is 31.0 Å². The summed E-state index contributed by atoms with van der Waals surface area (Å²) >= 11 is 13.5. The van der Waals surface area contributed by atoms with Gasteiger partial charge < -0.3 is 14.6 Å². The maximum absolute atomic E-state index is 13.4. The second-order valence-corrected chi connectivity index (χ2v) is 9.97. The second-order valence-electron chi connectivity index (χ2n) is 8.15. The van der Waals surface area contributed by atoms with Crippen molar-refractivity contribution in [3.05, 3.63) is 79.3 Å². The van der Waals surface area contributed by atoms with Crippen molar-refractivity contribution < 1.29 is 29.0 Å². The number of Topliss-reactive ketones (excluding diaryl/α,β-unsaturated/α-hetero) is 1. The van der Waals surface area contributed by atoms with E-state index in [0.29, 0.717) is 27.6 Å². The van der Waals surface area contributed by atoms with Crippen LogP contribution in [0.5, 0.6) is 5.75 Å². The zero-order valence-corrected chi connectivity index (χ0v) is 22.6. The first kappa shape index (κ1) is 26.7. The number of carbonyl (C=O) groups is 3. The number of nitrogens with zero attached hydrogens (tertiary/aromatic N) is 2. The molecule has 1 fully saturated rings. The third-order valence-electron chi connectivity index (χ3n) is 5.82. The van der Waals surface area contributed by atoms with E-state index in [9.17, 15) is 19.5 Å². The Morgan fingerprint density at radius 3 is 2.51 bits per heavy atom. The van der Waals surface area contributed by atoms with Gasteiger partial charge in [-0.05, 0) is 62.2 Å². The minimum absolute atomic E-state index is 0.0867. The molecule has 1 aliphatic rings. The quantitative estimate of drug-likeness (QED) is 0.173. The highest BCUT2D eigenvalue weighted by molar-refractivity contribution is 7.17. The molecule has 1 N–H and O–H groups in total. The number of ether oxygens (including phenoxy) is 2. The highest BCUT2D eigenvalue weighted by Crippen LogP contribution is 2.46. The van der Waals surface area contributed by atoms with Crippen LogP contribution in [0.1, 0.15) is 45.0 Å². The monoisotopic (exact) mass is 560 g/mol. The number of anilines is 1. The summed E-state index contributed by atoms with van der Waals surface area (Å²) < 4.78 is 10.4. The molecule has 1 saturated heterocycles. The Morgan fingerprint density at radius 1 is 1.16 bits per heavy atom. The highest BCUT2D eigenvalue weighted by atomic mass is 35.5. The molecule has 1 aromatic heterocycles. The summed E-state index contributed by atoms with van der Waals surface area (Å²) in [5.41, 5.74) is 1.55. The molecule has 0 aliphatic carbocycles. The first-order chi connectivity index (χ1) is 17.6. The zero-order chi connectivity index (χ0) is 27.0. The van der Waals surface area contributed by atoms with Crippen molar-refractivity contribution in [2.75, 3.05) is 18.6 Å². The molecular formula is C26H22Cl2N2O6S. The third-order valence-corrected chi connectivity index (χ3v) is 7.52. The van der Waals surface area contributed by atoms with E-state index in [4.69, 9.17) is 32.7 Å². The minimum Gasteiger partial charge on any atom is -0.507 e. The topological polar surface area (TPSA) is 106 Å². The number of methoxy groups -OCH3 is 1. The molecule has 11 heteroatoms. The number of thiazole rings is 1. The van der Waals surface area contributed by atoms with E-state index < -0.39 is 23.7 Å². The number of halogens is 2. The SMILES string of the molecule is CCOC(=O)c1sc(N2C(=O)C(=O)/C(=C(/O)c3ccc(OC)c(C)c3)[C@@H]2c2ccc(Cl)cc2Cl)nc1C. The van der Waals surface area contributed by atoms with Gasteiger partial charge in [-0.25, -0.2) is 9.78 Å². The Kier molecular flexibility index (Phi) is 7.59. The first-order valence-electron chi connectivity index (χ1n) is 11.1. The molecule has 0 radical (unpaired) electrons. The van der Waals surface area contributed by atoms with Crippen LogP contribution >= 0.6 is 34.5 Å². The van der Waals surface area contributed by atoms with Gasteiger partial charge in [-0.1, -0.05) is 40.6 Å². The van der Waals surface area contributed by atoms with Crippen molar-refractivity contribution in [1.29, 1.82) is 0 Å². The largest absolute Gasteiger partial charge is 0.507 e. The van der Waals surface area contributed by atoms with Gasteiger partial charge >= 0.3 is 11.9 Å². The second kappa shape index (κ2) is 10.5. The number of rotatable bonds is 6. The van der Waals surface area contributed by atoms with Gasteiger partial charge in [0.2, 0.25) is 0 Å². The van der Waals surface area contributed by atoms with Crippen LogP contribution in [0.3, 0.4) is 0 Å². The molecule has 2 heterocycles. The lowest BCUT2D eigenvalue weighted by Gasteiger charge is -2.24. The lowest BCUT2D eigenvalue weighted by atomic mass is 9.95. The van der Waals surface area contributed by atoms with Crippen LogP contribution in [0, 0.1) is 13.8 Å². The molecule has 4 rings (SSSR count). The van der Waals surface area contributed by atoms with Crippen LogP contribution < -0.4 is 9.64 Å². The van der Waals surface area contributed by atoms with Gasteiger partial charge in [-0.2, -0.15) is 0 Å². The number of carbonyl (C=O) groups excluding carboxylic acids is 3. The number of aromatic nitrogens is 1. The highest BCUT2D eigenvalue weighted by Gasteiger charge is 2.49. The fraction of sp³-hybridized carbons (Fsp3) is 0.231. The minimum atomic E-state index is -1.13. The number of aryl methyl sites for hydroxylation is 2. The first-order valence-corrected chi connectivity index (χ1v) is 12.7. The maximum Gasteiger partial charge on any atom is 0.350 e. The fourth-order valence-electron chi connectivity index (χ4n) is 4.10. The van der Waals surface area contributed by atoms with Crippen molar-refractivity contribution in [3.8, 4) is 5.75 Å². The van der Waals surface area contributed by atoms with Gasteiger partial charge in [0.25, 0.3) is 5.78 Å². The number of amides is 1. The number of aliphatic hydroxyl groups is 1. The van der Waals surface area contributed by atoms with Crippen molar-refractivity contribution >= 4 is 63.1 Å². The molecule has 1 aliphatic heterocycles. The average Bonchev–Trinajstić information content (AvgIpc) is 3.35. The van der Waals surface area contributed by atoms with Gasteiger partial charge in [0.1, 0.15) is 16.4 Å². The summed E-state index contributed by atoms with van der Waals surface area (Å²) in [6.45, 7) is 5.24. The molecule has 37 heavy (non-hydrogen) atoms. The van der Waals surface area contributed by atoms with Gasteiger partial charge in [-0.3, -0.25) is 14.5 Å². The predicted molar refractivity (Wildman–Crippen MR) is 142 cm³/mol. The summed E-state index contributed by atoms with van der Waals surface area (Å²) in [4.78, 5) is 44.9. The lowest BCUT2D eigenvalue weighted by Crippen LogP contribution is -2.29. The fourth-order valence-corrected chi connectivity index (χ4v) is 5.60. The van der Waals surface area contributed by atoms with E-state index in [1.165, 1.54) is 13.2 Å². The molecule has 1 amide bonds. The molecule has 0 bridgehead atoms. The van der Waals surface area contributed by atoms with E-state index in [2.05, 4.69) is 4.98 Å². The molecule has 0 spiro atoms. The van der Waals surface area contributed by atoms with E-state index in [1.54, 1.807) is 51.1 Å². The van der Waals surface area contributed by atoms with Crippen molar-refractivity contribution in [3.63, 3.8) is 0 Å². The van der Waals surface area contributed by atoms with E-state index in [1.807, 2.05) is 0 Å². The van der Waals surface area contributed by atoms with Crippen LogP contribution in [0.15, 0.2) is 42.0 Å². The summed E-state index contributed by atoms with van der Waals surface area (Å²) in [7, 11) is 1.52. The Hall–Kier alpha value is -3.40. The maximum atomic E-state index is 13.4. The number of aliphatic hydroxyl groups excluding tert-OH is 1. The summed E-state index contributed by atoms with van der Waals surface area (Å²) in [5, 5.41) is 12.0. The van der Waals surface area contributed by atoms with E-state index >= 15 is 0 Å². The van der Waals surface area contributed by atoms with Crippen LogP contribution in [-0.4, -0.2) is 41.5 Å². The molecular weight excluding hydrogens is 539 g/mol. The van der Waals surface area contributed by atoms with Crippen molar-refractivity contribution in [2.24, 2.45) is 0 Å². The number of esters is 1. The van der Waals surface area contributed by atoms with Crippen molar-refractivity contribution in [2.45, 2.75) is 26.8 Å². The molecule has 2 aromatic carbocycles. The van der Waals surface area contributed by atoms with Crippen LogP contribution in [-0.2, 0) is 14.3 Å². The van der Waals surface area contributed by atoms with Crippen LogP contribution in [0.2, 0.25) is 10.0 Å².